The molecule has 8 heteroatoms. The fraction of sp³-hybridized carbons (Fsp3) is 0.222. The Morgan fingerprint density at radius 3 is 2.58 bits per heavy atom. The highest BCUT2D eigenvalue weighted by Crippen LogP contribution is 2.17. The average molecular weight is 358 g/mol. The molecule has 0 radical (unpaired) electrons. The van der Waals surface area contributed by atoms with Gasteiger partial charge in [0.25, 0.3) is 0 Å². The van der Waals surface area contributed by atoms with Gasteiger partial charge >= 0.3 is 11.9 Å². The maximum Gasteiger partial charge on any atom is 0.433 e. The van der Waals surface area contributed by atoms with Crippen molar-refractivity contribution in [2.75, 3.05) is 11.9 Å². The number of rotatable bonds is 8. The zero-order valence-corrected chi connectivity index (χ0v) is 14.1. The van der Waals surface area contributed by atoms with Crippen LogP contribution in [0.1, 0.15) is 35.9 Å². The van der Waals surface area contributed by atoms with Crippen LogP contribution in [0.25, 0.3) is 6.08 Å². The number of ether oxygens (including phenoxy) is 1. The standard InChI is InChI=1S/C18H18N2O6/c1-2-3-12-25-18(22)13-4-6-14(7-5-13)19-16(21)10-8-15-9-11-17(26-15)20(23)24/h4-11H,2-3,12H2,1H3,(H,19,21)/b10-8+. The number of anilines is 1. The minimum absolute atomic E-state index is 0.192. The molecule has 2 rings (SSSR count). The molecule has 0 atom stereocenters. The van der Waals surface area contributed by atoms with E-state index in [0.29, 0.717) is 17.9 Å². The van der Waals surface area contributed by atoms with Crippen molar-refractivity contribution in [3.05, 3.63) is 63.9 Å². The van der Waals surface area contributed by atoms with E-state index in [2.05, 4.69) is 5.32 Å². The summed E-state index contributed by atoms with van der Waals surface area (Å²) < 4.78 is 10.0. The number of hydrogen-bond donors (Lipinski definition) is 1. The lowest BCUT2D eigenvalue weighted by Gasteiger charge is -2.05. The highest BCUT2D eigenvalue weighted by molar-refractivity contribution is 6.02. The van der Waals surface area contributed by atoms with Crippen molar-refractivity contribution in [3.63, 3.8) is 0 Å². The fourth-order valence-corrected chi connectivity index (χ4v) is 1.95. The van der Waals surface area contributed by atoms with Crippen LogP contribution in [0.3, 0.4) is 0 Å². The summed E-state index contributed by atoms with van der Waals surface area (Å²) in [7, 11) is 0. The molecular weight excluding hydrogens is 340 g/mol. The predicted octanol–water partition coefficient (Wildman–Crippen LogP) is 3.80. The molecule has 1 N–H and O–H groups in total. The van der Waals surface area contributed by atoms with Crippen molar-refractivity contribution in [3.8, 4) is 0 Å². The second kappa shape index (κ2) is 9.16. The molecule has 1 aromatic heterocycles. The number of carbonyl (C=O) groups excluding carboxylic acids is 2. The summed E-state index contributed by atoms with van der Waals surface area (Å²) in [5.74, 6) is -1.05. The Labute approximate surface area is 149 Å². The zero-order valence-electron chi connectivity index (χ0n) is 14.1. The van der Waals surface area contributed by atoms with Gasteiger partial charge in [-0.05, 0) is 42.8 Å². The molecule has 0 saturated heterocycles. The van der Waals surface area contributed by atoms with Crippen molar-refractivity contribution in [2.24, 2.45) is 0 Å². The number of nitrogens with one attached hydrogen (secondary N) is 1. The summed E-state index contributed by atoms with van der Waals surface area (Å²) in [4.78, 5) is 33.5. The number of furan rings is 1. The molecule has 0 fully saturated rings. The van der Waals surface area contributed by atoms with Crippen LogP contribution in [0.5, 0.6) is 0 Å². The van der Waals surface area contributed by atoms with Gasteiger partial charge in [-0.3, -0.25) is 14.9 Å². The number of nitro groups is 1. The summed E-state index contributed by atoms with van der Waals surface area (Å²) in [5, 5.41) is 13.1. The van der Waals surface area contributed by atoms with Gasteiger partial charge in [-0.25, -0.2) is 4.79 Å². The first-order chi connectivity index (χ1) is 12.5. The maximum absolute atomic E-state index is 11.9. The maximum atomic E-state index is 11.9. The van der Waals surface area contributed by atoms with Crippen molar-refractivity contribution < 1.29 is 23.7 Å². The number of benzene rings is 1. The molecule has 0 bridgehead atoms. The lowest BCUT2D eigenvalue weighted by molar-refractivity contribution is -0.402. The van der Waals surface area contributed by atoms with Crippen LogP contribution in [0.2, 0.25) is 0 Å². The first-order valence-electron chi connectivity index (χ1n) is 8.00. The smallest absolute Gasteiger partial charge is 0.433 e. The predicted molar refractivity (Wildman–Crippen MR) is 94.7 cm³/mol. The third-order valence-electron chi connectivity index (χ3n) is 3.31. The normalized spacial score (nSPS) is 10.7. The van der Waals surface area contributed by atoms with Gasteiger partial charge in [0, 0.05) is 11.8 Å². The minimum atomic E-state index is -0.660. The van der Waals surface area contributed by atoms with Gasteiger partial charge in [0.1, 0.15) is 10.7 Å². The van der Waals surface area contributed by atoms with Crippen LogP contribution >= 0.6 is 0 Å². The van der Waals surface area contributed by atoms with E-state index in [1.807, 2.05) is 6.92 Å². The highest BCUT2D eigenvalue weighted by atomic mass is 16.6. The number of amides is 1. The largest absolute Gasteiger partial charge is 0.462 e. The molecule has 0 aliphatic heterocycles. The zero-order chi connectivity index (χ0) is 18.9. The molecule has 1 heterocycles. The Hall–Kier alpha value is -3.42. The Balaban J connectivity index is 1.89. The van der Waals surface area contributed by atoms with E-state index in [4.69, 9.17) is 9.15 Å². The van der Waals surface area contributed by atoms with E-state index < -0.39 is 22.7 Å². The van der Waals surface area contributed by atoms with E-state index in [1.165, 1.54) is 24.3 Å². The third-order valence-corrected chi connectivity index (χ3v) is 3.31. The average Bonchev–Trinajstić information content (AvgIpc) is 3.10. The molecule has 0 unspecified atom stereocenters. The molecule has 0 aliphatic carbocycles. The van der Waals surface area contributed by atoms with Gasteiger partial charge in [-0.1, -0.05) is 13.3 Å². The number of esters is 1. The van der Waals surface area contributed by atoms with Crippen LogP contribution in [0, 0.1) is 10.1 Å². The Morgan fingerprint density at radius 1 is 1.23 bits per heavy atom. The first-order valence-corrected chi connectivity index (χ1v) is 8.00. The number of nitrogens with zero attached hydrogens (tertiary/aromatic N) is 1. The first kappa shape index (κ1) is 18.9. The second-order valence-electron chi connectivity index (χ2n) is 5.32. The fourth-order valence-electron chi connectivity index (χ4n) is 1.95. The summed E-state index contributed by atoms with van der Waals surface area (Å²) in [6, 6.07) is 8.88. The van der Waals surface area contributed by atoms with Crippen LogP contribution in [-0.2, 0) is 9.53 Å². The molecule has 2 aromatic rings. The highest BCUT2D eigenvalue weighted by Gasteiger charge is 2.10. The van der Waals surface area contributed by atoms with Crippen LogP contribution < -0.4 is 5.32 Å². The molecule has 0 saturated carbocycles. The molecule has 0 spiro atoms. The van der Waals surface area contributed by atoms with Gasteiger partial charge in [0.05, 0.1) is 18.2 Å². The summed E-state index contributed by atoms with van der Waals surface area (Å²) in [6.45, 7) is 2.39. The molecule has 1 aromatic carbocycles. The van der Waals surface area contributed by atoms with Gasteiger partial charge < -0.3 is 14.5 Å². The van der Waals surface area contributed by atoms with Crippen molar-refractivity contribution in [1.82, 2.24) is 0 Å². The summed E-state index contributed by atoms with van der Waals surface area (Å²) >= 11 is 0. The Bertz CT molecular complexity index is 807. The number of carbonyl (C=O) groups is 2. The second-order valence-corrected chi connectivity index (χ2v) is 5.32. The summed E-state index contributed by atoms with van der Waals surface area (Å²) in [5.41, 5.74) is 0.896. The number of hydrogen-bond acceptors (Lipinski definition) is 6. The van der Waals surface area contributed by atoms with E-state index >= 15 is 0 Å². The topological polar surface area (TPSA) is 112 Å². The third kappa shape index (κ3) is 5.59. The lowest BCUT2D eigenvalue weighted by Crippen LogP contribution is -2.09. The van der Waals surface area contributed by atoms with Crippen LogP contribution in [0.4, 0.5) is 11.6 Å². The van der Waals surface area contributed by atoms with Gasteiger partial charge in [-0.2, -0.15) is 0 Å². The van der Waals surface area contributed by atoms with Crippen molar-refractivity contribution in [1.29, 1.82) is 0 Å². The van der Waals surface area contributed by atoms with E-state index in [9.17, 15) is 19.7 Å². The van der Waals surface area contributed by atoms with Crippen molar-refractivity contribution in [2.45, 2.75) is 19.8 Å². The van der Waals surface area contributed by atoms with E-state index in [-0.39, 0.29) is 5.76 Å². The summed E-state index contributed by atoms with van der Waals surface area (Å²) in [6.07, 6.45) is 4.26. The Morgan fingerprint density at radius 2 is 1.96 bits per heavy atom. The molecule has 1 amide bonds. The quantitative estimate of drug-likeness (QED) is 0.253. The van der Waals surface area contributed by atoms with Crippen molar-refractivity contribution >= 4 is 29.5 Å². The molecule has 26 heavy (non-hydrogen) atoms. The van der Waals surface area contributed by atoms with E-state index in [0.717, 1.165) is 12.8 Å². The molecule has 8 nitrogen and oxygen atoms in total. The Kier molecular flexibility index (Phi) is 6.67. The molecular formula is C18H18N2O6. The van der Waals surface area contributed by atoms with Gasteiger partial charge in [0.15, 0.2) is 0 Å². The lowest BCUT2D eigenvalue weighted by atomic mass is 10.2. The minimum Gasteiger partial charge on any atom is -0.462 e. The van der Waals surface area contributed by atoms with Crippen LogP contribution in [0.15, 0.2) is 46.9 Å². The molecule has 0 aliphatic rings. The van der Waals surface area contributed by atoms with Crippen LogP contribution in [-0.4, -0.2) is 23.4 Å². The number of unbranched alkanes of at least 4 members (excludes halogenated alkanes) is 1. The molecule has 136 valence electrons. The monoisotopic (exact) mass is 358 g/mol. The van der Waals surface area contributed by atoms with Gasteiger partial charge in [-0.15, -0.1) is 0 Å². The van der Waals surface area contributed by atoms with Gasteiger partial charge in [0.2, 0.25) is 5.91 Å². The SMILES string of the molecule is CCCCOC(=O)c1ccc(NC(=O)/C=C/c2ccc([N+](=O)[O-])o2)cc1. The van der Waals surface area contributed by atoms with E-state index in [1.54, 1.807) is 24.3 Å².